The maximum Gasteiger partial charge on any atom is 0.186 e. The predicted octanol–water partition coefficient (Wildman–Crippen LogP) is 4.97. The number of rotatable bonds is 5. The zero-order valence-electron chi connectivity index (χ0n) is 11.8. The van der Waals surface area contributed by atoms with Crippen molar-refractivity contribution in [3.8, 4) is 11.5 Å². The summed E-state index contributed by atoms with van der Waals surface area (Å²) in [4.78, 5) is 12.2. The Labute approximate surface area is 128 Å². The summed E-state index contributed by atoms with van der Waals surface area (Å²) in [6.07, 6.45) is 4.70. The van der Waals surface area contributed by atoms with E-state index < -0.39 is 0 Å². The third-order valence-corrected chi connectivity index (χ3v) is 3.04. The molecule has 1 aromatic heterocycles. The summed E-state index contributed by atoms with van der Waals surface area (Å²) in [6, 6.07) is 20.1. The first kappa shape index (κ1) is 13.9. The quantitative estimate of drug-likeness (QED) is 0.492. The minimum Gasteiger partial charge on any atom is -0.465 e. The van der Waals surface area contributed by atoms with Crippen LogP contribution in [0.4, 0.5) is 0 Å². The van der Waals surface area contributed by atoms with Gasteiger partial charge >= 0.3 is 0 Å². The summed E-state index contributed by atoms with van der Waals surface area (Å²) in [5.41, 5.74) is 0.566. The fourth-order valence-electron chi connectivity index (χ4n) is 1.98. The lowest BCUT2D eigenvalue weighted by Gasteiger charge is -2.06. The number of carbonyl (C=O) groups is 1. The average Bonchev–Trinajstić information content (AvgIpc) is 3.07. The Morgan fingerprint density at radius 1 is 0.909 bits per heavy atom. The van der Waals surface area contributed by atoms with Gasteiger partial charge in [0.25, 0.3) is 0 Å². The summed E-state index contributed by atoms with van der Waals surface area (Å²) in [5.74, 6) is 1.90. The van der Waals surface area contributed by atoms with E-state index in [2.05, 4.69) is 0 Å². The number of allylic oxidation sites excluding steroid dienone is 1. The van der Waals surface area contributed by atoms with Crippen LogP contribution in [0, 0.1) is 0 Å². The number of ether oxygens (including phenoxy) is 1. The van der Waals surface area contributed by atoms with Crippen LogP contribution in [0.25, 0.3) is 6.08 Å². The van der Waals surface area contributed by atoms with E-state index in [1.807, 2.05) is 36.4 Å². The fourth-order valence-corrected chi connectivity index (χ4v) is 1.98. The van der Waals surface area contributed by atoms with E-state index in [9.17, 15) is 4.79 Å². The first-order chi connectivity index (χ1) is 10.8. The highest BCUT2D eigenvalue weighted by molar-refractivity contribution is 6.06. The van der Waals surface area contributed by atoms with Crippen molar-refractivity contribution in [3.05, 3.63) is 90.4 Å². The first-order valence-electron chi connectivity index (χ1n) is 6.90. The minimum atomic E-state index is -0.102. The molecule has 0 amide bonds. The number of para-hydroxylation sites is 1. The third kappa shape index (κ3) is 3.52. The molecule has 3 heteroatoms. The van der Waals surface area contributed by atoms with Crippen molar-refractivity contribution in [3.63, 3.8) is 0 Å². The van der Waals surface area contributed by atoms with Crippen LogP contribution in [0.3, 0.4) is 0 Å². The second-order valence-electron chi connectivity index (χ2n) is 4.66. The number of benzene rings is 2. The zero-order valence-corrected chi connectivity index (χ0v) is 11.8. The summed E-state index contributed by atoms with van der Waals surface area (Å²) < 4.78 is 10.9. The van der Waals surface area contributed by atoms with Gasteiger partial charge < -0.3 is 9.15 Å². The molecule has 0 saturated carbocycles. The molecule has 0 fully saturated rings. The second-order valence-corrected chi connectivity index (χ2v) is 4.66. The predicted molar refractivity (Wildman–Crippen MR) is 85.0 cm³/mol. The Balaban J connectivity index is 1.74. The average molecular weight is 290 g/mol. The topological polar surface area (TPSA) is 39.4 Å². The van der Waals surface area contributed by atoms with Crippen LogP contribution in [0.5, 0.6) is 11.5 Å². The molecular weight excluding hydrogens is 276 g/mol. The highest BCUT2D eigenvalue weighted by Gasteiger charge is 2.04. The van der Waals surface area contributed by atoms with E-state index >= 15 is 0 Å². The molecule has 108 valence electrons. The Morgan fingerprint density at radius 2 is 1.73 bits per heavy atom. The standard InChI is InChI=1S/C19H14O3/c20-19(12-11-16-10-5-13-21-16)15-6-4-9-18(14-15)22-17-7-2-1-3-8-17/h1-14H. The molecule has 0 aliphatic heterocycles. The molecule has 3 rings (SSSR count). The molecule has 3 nitrogen and oxygen atoms in total. The van der Waals surface area contributed by atoms with Crippen LogP contribution in [-0.4, -0.2) is 5.78 Å². The van der Waals surface area contributed by atoms with Gasteiger partial charge in [0.15, 0.2) is 5.78 Å². The Bertz CT molecular complexity index is 771. The molecule has 0 atom stereocenters. The number of ketones is 1. The van der Waals surface area contributed by atoms with Gasteiger partial charge in [0, 0.05) is 5.56 Å². The number of furan rings is 1. The summed E-state index contributed by atoms with van der Waals surface area (Å²) in [5, 5.41) is 0. The van der Waals surface area contributed by atoms with Gasteiger partial charge in [-0.2, -0.15) is 0 Å². The zero-order chi connectivity index (χ0) is 15.2. The lowest BCUT2D eigenvalue weighted by Crippen LogP contribution is -1.94. The van der Waals surface area contributed by atoms with Gasteiger partial charge in [0.1, 0.15) is 17.3 Å². The highest BCUT2D eigenvalue weighted by Crippen LogP contribution is 2.22. The van der Waals surface area contributed by atoms with Crippen LogP contribution >= 0.6 is 0 Å². The van der Waals surface area contributed by atoms with Gasteiger partial charge in [-0.25, -0.2) is 0 Å². The van der Waals surface area contributed by atoms with Gasteiger partial charge in [0.2, 0.25) is 0 Å². The summed E-state index contributed by atoms with van der Waals surface area (Å²) in [6.45, 7) is 0. The highest BCUT2D eigenvalue weighted by atomic mass is 16.5. The maximum absolute atomic E-state index is 12.2. The van der Waals surface area contributed by atoms with Crippen LogP contribution in [0.1, 0.15) is 16.1 Å². The van der Waals surface area contributed by atoms with E-state index in [0.717, 1.165) is 5.75 Å². The van der Waals surface area contributed by atoms with E-state index in [1.54, 1.807) is 42.7 Å². The Kier molecular flexibility index (Phi) is 4.16. The lowest BCUT2D eigenvalue weighted by molar-refractivity contribution is 0.104. The maximum atomic E-state index is 12.2. The molecule has 0 unspecified atom stereocenters. The van der Waals surface area contributed by atoms with Crippen molar-refractivity contribution in [2.45, 2.75) is 0 Å². The van der Waals surface area contributed by atoms with Gasteiger partial charge in [-0.3, -0.25) is 4.79 Å². The molecule has 0 aliphatic carbocycles. The van der Waals surface area contributed by atoms with E-state index in [-0.39, 0.29) is 5.78 Å². The van der Waals surface area contributed by atoms with E-state index in [0.29, 0.717) is 17.1 Å². The van der Waals surface area contributed by atoms with E-state index in [1.165, 1.54) is 6.08 Å². The molecule has 0 saturated heterocycles. The molecule has 0 spiro atoms. The summed E-state index contributed by atoms with van der Waals surface area (Å²) >= 11 is 0. The van der Waals surface area contributed by atoms with Crippen molar-refractivity contribution >= 4 is 11.9 Å². The molecule has 22 heavy (non-hydrogen) atoms. The number of carbonyl (C=O) groups excluding carboxylic acids is 1. The van der Waals surface area contributed by atoms with Crippen molar-refractivity contribution in [2.24, 2.45) is 0 Å². The van der Waals surface area contributed by atoms with Gasteiger partial charge in [-0.05, 0) is 48.6 Å². The van der Waals surface area contributed by atoms with Gasteiger partial charge in [0.05, 0.1) is 6.26 Å². The molecule has 0 aliphatic rings. The molecule has 0 radical (unpaired) electrons. The number of hydrogen-bond acceptors (Lipinski definition) is 3. The van der Waals surface area contributed by atoms with Crippen LogP contribution in [0.15, 0.2) is 83.5 Å². The van der Waals surface area contributed by atoms with Crippen LogP contribution in [-0.2, 0) is 0 Å². The van der Waals surface area contributed by atoms with Gasteiger partial charge in [-0.15, -0.1) is 0 Å². The molecular formula is C19H14O3. The molecule has 1 heterocycles. The third-order valence-electron chi connectivity index (χ3n) is 3.04. The minimum absolute atomic E-state index is 0.102. The summed E-state index contributed by atoms with van der Waals surface area (Å²) in [7, 11) is 0. The Morgan fingerprint density at radius 3 is 2.50 bits per heavy atom. The molecule has 3 aromatic rings. The van der Waals surface area contributed by atoms with E-state index in [4.69, 9.17) is 9.15 Å². The first-order valence-corrected chi connectivity index (χ1v) is 6.90. The normalized spacial score (nSPS) is 10.7. The monoisotopic (exact) mass is 290 g/mol. The largest absolute Gasteiger partial charge is 0.465 e. The lowest BCUT2D eigenvalue weighted by atomic mass is 10.1. The smallest absolute Gasteiger partial charge is 0.186 e. The van der Waals surface area contributed by atoms with Crippen LogP contribution in [0.2, 0.25) is 0 Å². The van der Waals surface area contributed by atoms with Crippen LogP contribution < -0.4 is 4.74 Å². The van der Waals surface area contributed by atoms with Gasteiger partial charge in [-0.1, -0.05) is 30.3 Å². The molecule has 0 N–H and O–H groups in total. The molecule has 0 bridgehead atoms. The SMILES string of the molecule is O=C(C=Cc1ccco1)c1cccc(Oc2ccccc2)c1. The fraction of sp³-hybridized carbons (Fsp3) is 0. The molecule has 2 aromatic carbocycles. The van der Waals surface area contributed by atoms with Crippen molar-refractivity contribution in [2.75, 3.05) is 0 Å². The Hall–Kier alpha value is -3.07. The second kappa shape index (κ2) is 6.59. The number of hydrogen-bond donors (Lipinski definition) is 0. The van der Waals surface area contributed by atoms with Crippen molar-refractivity contribution in [1.29, 1.82) is 0 Å². The van der Waals surface area contributed by atoms with Crippen molar-refractivity contribution in [1.82, 2.24) is 0 Å². The van der Waals surface area contributed by atoms with Crippen molar-refractivity contribution < 1.29 is 13.9 Å².